The predicted molar refractivity (Wildman–Crippen MR) is 223 cm³/mol. The van der Waals surface area contributed by atoms with E-state index in [1.54, 1.807) is 0 Å². The summed E-state index contributed by atoms with van der Waals surface area (Å²) in [6.45, 7) is 0. The fourth-order valence-corrected chi connectivity index (χ4v) is 9.62. The molecule has 1 aromatic heterocycles. The molecule has 11 rings (SSSR count). The zero-order valence-electron chi connectivity index (χ0n) is 27.7. The summed E-state index contributed by atoms with van der Waals surface area (Å²) >= 11 is 1.89. The van der Waals surface area contributed by atoms with Gasteiger partial charge in [0.2, 0.25) is 0 Å². The molecule has 0 atom stereocenters. The van der Waals surface area contributed by atoms with Crippen LogP contribution in [0.1, 0.15) is 0 Å². The topological polar surface area (TPSA) is 0 Å². The summed E-state index contributed by atoms with van der Waals surface area (Å²) in [5.41, 5.74) is 7.56. The van der Waals surface area contributed by atoms with E-state index in [1.807, 2.05) is 11.3 Å². The lowest BCUT2D eigenvalue weighted by molar-refractivity contribution is 1.63. The molecule has 10 aromatic carbocycles. The maximum atomic E-state index is 2.39. The Morgan fingerprint density at radius 3 is 1.55 bits per heavy atom. The average Bonchev–Trinajstić information content (AvgIpc) is 3.56. The van der Waals surface area contributed by atoms with Crippen molar-refractivity contribution in [1.29, 1.82) is 0 Å². The molecule has 0 spiro atoms. The van der Waals surface area contributed by atoms with Gasteiger partial charge in [-0.25, -0.2) is 0 Å². The number of hydrogen-bond donors (Lipinski definition) is 0. The van der Waals surface area contributed by atoms with E-state index < -0.39 is 0 Å². The van der Waals surface area contributed by atoms with Crippen molar-refractivity contribution in [2.24, 2.45) is 0 Å². The average molecular weight is 663 g/mol. The molecule has 0 aliphatic rings. The number of fused-ring (bicyclic) bond motifs is 9. The minimum atomic E-state index is 1.23. The van der Waals surface area contributed by atoms with E-state index in [9.17, 15) is 0 Å². The van der Waals surface area contributed by atoms with Crippen LogP contribution >= 0.6 is 11.3 Å². The summed E-state index contributed by atoms with van der Waals surface area (Å²) in [5.74, 6) is 0. The SMILES string of the molecule is c1ccc2c(-c3c4ccccc4c(-c4ccc(-c5ccc6cc7c(cc6c5)sc5ccc6ccccc6c57)cc4)c4ccccc34)cccc2c1. The molecule has 0 bridgehead atoms. The lowest BCUT2D eigenvalue weighted by atomic mass is 9.84. The maximum Gasteiger partial charge on any atom is 0.0362 e. The van der Waals surface area contributed by atoms with Gasteiger partial charge in [0.1, 0.15) is 0 Å². The zero-order valence-corrected chi connectivity index (χ0v) is 28.5. The summed E-state index contributed by atoms with van der Waals surface area (Å²) < 4.78 is 2.69. The predicted octanol–water partition coefficient (Wildman–Crippen LogP) is 14.8. The molecule has 0 radical (unpaired) electrons. The molecule has 0 N–H and O–H groups in total. The van der Waals surface area contributed by atoms with Gasteiger partial charge in [-0.15, -0.1) is 11.3 Å². The number of benzene rings is 10. The monoisotopic (exact) mass is 662 g/mol. The summed E-state index contributed by atoms with van der Waals surface area (Å²) in [5, 5.41) is 15.6. The lowest BCUT2D eigenvalue weighted by Gasteiger charge is -2.19. The minimum absolute atomic E-state index is 1.23. The second kappa shape index (κ2) is 11.1. The highest BCUT2D eigenvalue weighted by molar-refractivity contribution is 7.26. The summed E-state index contributed by atoms with van der Waals surface area (Å²) in [6.07, 6.45) is 0. The summed E-state index contributed by atoms with van der Waals surface area (Å²) in [7, 11) is 0. The molecule has 236 valence electrons. The second-order valence-corrected chi connectivity index (χ2v) is 14.7. The van der Waals surface area contributed by atoms with Crippen LogP contribution in [0, 0.1) is 0 Å². The van der Waals surface area contributed by atoms with Gasteiger partial charge in [0.25, 0.3) is 0 Å². The second-order valence-electron chi connectivity index (χ2n) is 13.6. The largest absolute Gasteiger partial charge is 0.135 e. The van der Waals surface area contributed by atoms with E-state index in [4.69, 9.17) is 0 Å². The van der Waals surface area contributed by atoms with E-state index in [0.29, 0.717) is 0 Å². The van der Waals surface area contributed by atoms with Gasteiger partial charge in [-0.2, -0.15) is 0 Å². The standard InChI is InChI=1S/C50H30S/c1-3-13-38-32(10-1)12-9-19-40(38)49-43-17-7-5-15-41(43)48(42-16-6-8-18-44(42)49)34-22-20-31(21-23-34)35-24-25-36-29-45-47(30-37(36)28-35)51-46-27-26-33-11-2-4-14-39(33)50(45)46/h1-30H. The molecular formula is C50H30S. The van der Waals surface area contributed by atoms with Gasteiger partial charge in [0, 0.05) is 20.2 Å². The minimum Gasteiger partial charge on any atom is -0.135 e. The van der Waals surface area contributed by atoms with Gasteiger partial charge in [-0.1, -0.05) is 158 Å². The van der Waals surface area contributed by atoms with Gasteiger partial charge in [-0.05, 0) is 112 Å². The molecule has 0 aliphatic heterocycles. The smallest absolute Gasteiger partial charge is 0.0362 e. The van der Waals surface area contributed by atoms with Crippen molar-refractivity contribution < 1.29 is 0 Å². The third-order valence-electron chi connectivity index (χ3n) is 10.8. The molecular weight excluding hydrogens is 633 g/mol. The van der Waals surface area contributed by atoms with E-state index in [0.717, 1.165) is 0 Å². The Morgan fingerprint density at radius 2 is 0.824 bits per heavy atom. The zero-order chi connectivity index (χ0) is 33.5. The van der Waals surface area contributed by atoms with Gasteiger partial charge in [0.05, 0.1) is 0 Å². The quantitative estimate of drug-likeness (QED) is 0.165. The van der Waals surface area contributed by atoms with Crippen LogP contribution in [-0.4, -0.2) is 0 Å². The van der Waals surface area contributed by atoms with Crippen LogP contribution in [0.3, 0.4) is 0 Å². The fourth-order valence-electron chi connectivity index (χ4n) is 8.47. The van der Waals surface area contributed by atoms with Crippen molar-refractivity contribution in [1.82, 2.24) is 0 Å². The highest BCUT2D eigenvalue weighted by Crippen LogP contribution is 2.46. The first-order valence-corrected chi connectivity index (χ1v) is 18.4. The van der Waals surface area contributed by atoms with Crippen LogP contribution in [0.4, 0.5) is 0 Å². The highest BCUT2D eigenvalue weighted by Gasteiger charge is 2.18. The Kier molecular flexibility index (Phi) is 6.22. The Morgan fingerprint density at radius 1 is 0.275 bits per heavy atom. The van der Waals surface area contributed by atoms with Gasteiger partial charge < -0.3 is 0 Å². The summed E-state index contributed by atoms with van der Waals surface area (Å²) in [4.78, 5) is 0. The van der Waals surface area contributed by atoms with Crippen molar-refractivity contribution in [2.75, 3.05) is 0 Å². The van der Waals surface area contributed by atoms with Crippen molar-refractivity contribution in [3.63, 3.8) is 0 Å². The number of thiophene rings is 1. The molecule has 0 fully saturated rings. The molecule has 0 amide bonds. The van der Waals surface area contributed by atoms with Crippen molar-refractivity contribution in [3.8, 4) is 33.4 Å². The van der Waals surface area contributed by atoms with Crippen LogP contribution in [0.5, 0.6) is 0 Å². The molecule has 11 aromatic rings. The molecule has 0 unspecified atom stereocenters. The molecule has 0 saturated carbocycles. The number of hydrogen-bond acceptors (Lipinski definition) is 1. The normalized spacial score (nSPS) is 11.9. The van der Waals surface area contributed by atoms with Crippen LogP contribution in [-0.2, 0) is 0 Å². The van der Waals surface area contributed by atoms with Gasteiger partial charge in [-0.3, -0.25) is 0 Å². The van der Waals surface area contributed by atoms with E-state index in [2.05, 4.69) is 182 Å². The first-order chi connectivity index (χ1) is 25.3. The maximum absolute atomic E-state index is 2.39. The third-order valence-corrected chi connectivity index (χ3v) is 11.9. The van der Waals surface area contributed by atoms with Crippen LogP contribution < -0.4 is 0 Å². The molecule has 0 aliphatic carbocycles. The van der Waals surface area contributed by atoms with E-state index in [-0.39, 0.29) is 0 Å². The molecule has 0 nitrogen and oxygen atoms in total. The van der Waals surface area contributed by atoms with Gasteiger partial charge in [0.15, 0.2) is 0 Å². The van der Waals surface area contributed by atoms with E-state index in [1.165, 1.54) is 107 Å². The third kappa shape index (κ3) is 4.39. The van der Waals surface area contributed by atoms with Crippen LogP contribution in [0.25, 0.3) is 107 Å². The van der Waals surface area contributed by atoms with Crippen molar-refractivity contribution >= 4 is 85.4 Å². The highest BCUT2D eigenvalue weighted by atomic mass is 32.1. The first kappa shape index (κ1) is 28.5. The Hall–Kier alpha value is -6.28. The van der Waals surface area contributed by atoms with Crippen LogP contribution in [0.2, 0.25) is 0 Å². The molecule has 1 heteroatoms. The van der Waals surface area contributed by atoms with Crippen LogP contribution in [0.15, 0.2) is 182 Å². The van der Waals surface area contributed by atoms with Gasteiger partial charge >= 0.3 is 0 Å². The number of rotatable bonds is 3. The Balaban J connectivity index is 1.05. The van der Waals surface area contributed by atoms with E-state index >= 15 is 0 Å². The lowest BCUT2D eigenvalue weighted by Crippen LogP contribution is -1.91. The Bertz CT molecular complexity index is 3120. The van der Waals surface area contributed by atoms with Crippen molar-refractivity contribution in [2.45, 2.75) is 0 Å². The Labute approximate surface area is 299 Å². The molecule has 0 saturated heterocycles. The molecule has 1 heterocycles. The summed E-state index contributed by atoms with van der Waals surface area (Å²) in [6, 6.07) is 67.5. The first-order valence-electron chi connectivity index (χ1n) is 17.6. The van der Waals surface area contributed by atoms with Crippen molar-refractivity contribution in [3.05, 3.63) is 182 Å². The molecule has 51 heavy (non-hydrogen) atoms. The fraction of sp³-hybridized carbons (Fsp3) is 0.